The molecule has 0 saturated heterocycles. The van der Waals surface area contributed by atoms with Gasteiger partial charge < -0.3 is 19.3 Å². The monoisotopic (exact) mass is 457 g/mol. The Kier molecular flexibility index (Phi) is 4.99. The molecule has 0 radical (unpaired) electrons. The molecule has 0 aliphatic carbocycles. The van der Waals surface area contributed by atoms with E-state index in [2.05, 4.69) is 0 Å². The second-order valence-electron chi connectivity index (χ2n) is 8.68. The van der Waals surface area contributed by atoms with Crippen LogP contribution in [0.5, 0.6) is 11.5 Å². The van der Waals surface area contributed by atoms with Crippen molar-refractivity contribution >= 4 is 17.6 Å². The first-order valence-electron chi connectivity index (χ1n) is 11.4. The lowest BCUT2D eigenvalue weighted by Gasteiger charge is -2.41. The normalized spacial score (nSPS) is 20.9. The van der Waals surface area contributed by atoms with Crippen molar-refractivity contribution in [3.63, 3.8) is 0 Å². The number of carboxylic acids is 1. The van der Waals surface area contributed by atoms with Crippen LogP contribution in [-0.2, 0) is 22.6 Å². The van der Waals surface area contributed by atoms with E-state index >= 15 is 0 Å². The fourth-order valence-electron chi connectivity index (χ4n) is 5.17. The summed E-state index contributed by atoms with van der Waals surface area (Å²) in [5, 5.41) is 10.4. The van der Waals surface area contributed by atoms with Crippen LogP contribution in [0.1, 0.15) is 44.6 Å². The first-order chi connectivity index (χ1) is 16.6. The number of rotatable bonds is 3. The Morgan fingerprint density at radius 3 is 2.59 bits per heavy atom. The minimum Gasteiger partial charge on any atom is -0.486 e. The third kappa shape index (κ3) is 3.31. The van der Waals surface area contributed by atoms with Gasteiger partial charge in [0.05, 0.1) is 19.3 Å². The highest BCUT2D eigenvalue weighted by Crippen LogP contribution is 2.47. The summed E-state index contributed by atoms with van der Waals surface area (Å²) in [6, 6.07) is 17.5. The van der Waals surface area contributed by atoms with Gasteiger partial charge in [0.1, 0.15) is 19.1 Å². The molecule has 0 spiro atoms. The lowest BCUT2D eigenvalue weighted by Crippen LogP contribution is -2.45. The molecular formula is C27H23NO6. The summed E-state index contributed by atoms with van der Waals surface area (Å²) >= 11 is 0. The molecule has 2 unspecified atom stereocenters. The standard InChI is InChI=1S/C27H23NO6/c29-26-21-4-2-1-3-20(21)24(27(30)31)25(17-6-8-22-23(14-17)34-12-11-33-22)28(26)19-7-5-16-9-10-32-15-18(16)13-19/h1-8,13-14,24-25H,9-12,15H2,(H,30,31). The Hall–Kier alpha value is -3.84. The molecule has 3 aliphatic heterocycles. The van der Waals surface area contributed by atoms with Gasteiger partial charge in [-0.25, -0.2) is 0 Å². The van der Waals surface area contributed by atoms with E-state index in [4.69, 9.17) is 14.2 Å². The van der Waals surface area contributed by atoms with E-state index in [1.54, 1.807) is 41.3 Å². The number of carbonyl (C=O) groups is 2. The summed E-state index contributed by atoms with van der Waals surface area (Å²) in [4.78, 5) is 28.2. The smallest absolute Gasteiger partial charge is 0.313 e. The van der Waals surface area contributed by atoms with Gasteiger partial charge in [-0.2, -0.15) is 0 Å². The predicted molar refractivity (Wildman–Crippen MR) is 124 cm³/mol. The summed E-state index contributed by atoms with van der Waals surface area (Å²) in [7, 11) is 0. The molecule has 0 fully saturated rings. The van der Waals surface area contributed by atoms with Crippen LogP contribution >= 0.6 is 0 Å². The number of nitrogens with zero attached hydrogens (tertiary/aromatic N) is 1. The number of hydrogen-bond donors (Lipinski definition) is 1. The Bertz CT molecular complexity index is 1300. The first kappa shape index (κ1) is 20.7. The van der Waals surface area contributed by atoms with Gasteiger partial charge in [-0.3, -0.25) is 14.5 Å². The number of carbonyl (C=O) groups excluding carboxylic acids is 1. The first-order valence-corrected chi connectivity index (χ1v) is 11.4. The molecule has 7 heteroatoms. The third-order valence-corrected chi connectivity index (χ3v) is 6.75. The van der Waals surface area contributed by atoms with E-state index < -0.39 is 17.9 Å². The quantitative estimate of drug-likeness (QED) is 0.638. The topological polar surface area (TPSA) is 85.3 Å². The van der Waals surface area contributed by atoms with Crippen molar-refractivity contribution in [1.82, 2.24) is 0 Å². The van der Waals surface area contributed by atoms with Gasteiger partial charge in [0.25, 0.3) is 5.91 Å². The van der Waals surface area contributed by atoms with Crippen LogP contribution in [-0.4, -0.2) is 36.8 Å². The van der Waals surface area contributed by atoms with Crippen molar-refractivity contribution in [2.45, 2.75) is 25.0 Å². The Morgan fingerprint density at radius 2 is 1.74 bits per heavy atom. The average Bonchev–Trinajstić information content (AvgIpc) is 2.88. The predicted octanol–water partition coefficient (Wildman–Crippen LogP) is 4.10. The summed E-state index contributed by atoms with van der Waals surface area (Å²) in [6.07, 6.45) is 0.815. The highest BCUT2D eigenvalue weighted by Gasteiger charge is 2.45. The maximum Gasteiger partial charge on any atom is 0.313 e. The number of anilines is 1. The lowest BCUT2D eigenvalue weighted by molar-refractivity contribution is -0.139. The van der Waals surface area contributed by atoms with Crippen LogP contribution in [0.25, 0.3) is 0 Å². The molecule has 3 aliphatic rings. The minimum absolute atomic E-state index is 0.232. The van der Waals surface area contributed by atoms with Gasteiger partial charge in [-0.1, -0.05) is 30.3 Å². The van der Waals surface area contributed by atoms with Crippen molar-refractivity contribution in [3.8, 4) is 11.5 Å². The molecule has 172 valence electrons. The van der Waals surface area contributed by atoms with E-state index in [1.165, 1.54) is 5.56 Å². The fraction of sp³-hybridized carbons (Fsp3) is 0.259. The van der Waals surface area contributed by atoms with Gasteiger partial charge in [0.2, 0.25) is 0 Å². The molecule has 0 aromatic heterocycles. The summed E-state index contributed by atoms with van der Waals surface area (Å²) in [5.74, 6) is -1.01. The number of amides is 1. The lowest BCUT2D eigenvalue weighted by atomic mass is 9.79. The van der Waals surface area contributed by atoms with E-state index in [1.807, 2.05) is 24.3 Å². The van der Waals surface area contributed by atoms with Crippen molar-refractivity contribution in [3.05, 3.63) is 88.5 Å². The second kappa shape index (κ2) is 8.18. The molecule has 1 N–H and O–H groups in total. The van der Waals surface area contributed by atoms with Crippen LogP contribution in [0.3, 0.4) is 0 Å². The van der Waals surface area contributed by atoms with Crippen molar-refractivity contribution in [1.29, 1.82) is 0 Å². The summed E-state index contributed by atoms with van der Waals surface area (Å²) in [5.41, 5.74) is 4.44. The highest BCUT2D eigenvalue weighted by molar-refractivity contribution is 6.11. The Morgan fingerprint density at radius 1 is 0.912 bits per heavy atom. The maximum absolute atomic E-state index is 13.9. The van der Waals surface area contributed by atoms with Crippen LogP contribution in [0.4, 0.5) is 5.69 Å². The molecule has 6 rings (SSSR count). The number of benzene rings is 3. The zero-order chi connectivity index (χ0) is 23.2. The molecular weight excluding hydrogens is 434 g/mol. The van der Waals surface area contributed by atoms with E-state index in [0.717, 1.165) is 12.0 Å². The maximum atomic E-state index is 13.9. The van der Waals surface area contributed by atoms with E-state index in [0.29, 0.717) is 60.3 Å². The van der Waals surface area contributed by atoms with Gasteiger partial charge in [0, 0.05) is 11.3 Å². The molecule has 0 saturated carbocycles. The molecule has 0 bridgehead atoms. The number of aliphatic carboxylic acids is 1. The van der Waals surface area contributed by atoms with Crippen LogP contribution in [0.15, 0.2) is 60.7 Å². The fourth-order valence-corrected chi connectivity index (χ4v) is 5.17. The van der Waals surface area contributed by atoms with Crippen LogP contribution < -0.4 is 14.4 Å². The largest absolute Gasteiger partial charge is 0.486 e. The van der Waals surface area contributed by atoms with E-state index in [9.17, 15) is 14.7 Å². The Balaban J connectivity index is 1.55. The van der Waals surface area contributed by atoms with Crippen molar-refractivity contribution < 1.29 is 28.9 Å². The molecule has 7 nitrogen and oxygen atoms in total. The summed E-state index contributed by atoms with van der Waals surface area (Å²) in [6.45, 7) is 2.02. The van der Waals surface area contributed by atoms with Gasteiger partial charge in [-0.05, 0) is 59.0 Å². The molecule has 2 atom stereocenters. The SMILES string of the molecule is O=C(O)C1c2ccccc2C(=O)N(c2ccc3c(c2)COCC3)C1c1ccc2c(c1)OCCO2. The molecule has 34 heavy (non-hydrogen) atoms. The van der Waals surface area contributed by atoms with Crippen LogP contribution in [0, 0.1) is 0 Å². The molecule has 3 aromatic carbocycles. The number of fused-ring (bicyclic) bond motifs is 3. The van der Waals surface area contributed by atoms with Gasteiger partial charge >= 0.3 is 5.97 Å². The second-order valence-corrected chi connectivity index (χ2v) is 8.68. The van der Waals surface area contributed by atoms with Gasteiger partial charge in [0.15, 0.2) is 11.5 Å². The van der Waals surface area contributed by atoms with Crippen molar-refractivity contribution in [2.24, 2.45) is 0 Å². The van der Waals surface area contributed by atoms with E-state index in [-0.39, 0.29) is 5.91 Å². The molecule has 1 amide bonds. The average molecular weight is 457 g/mol. The third-order valence-electron chi connectivity index (χ3n) is 6.75. The zero-order valence-corrected chi connectivity index (χ0v) is 18.4. The van der Waals surface area contributed by atoms with Crippen molar-refractivity contribution in [2.75, 3.05) is 24.7 Å². The molecule has 3 heterocycles. The summed E-state index contributed by atoms with van der Waals surface area (Å²) < 4.78 is 17.1. The minimum atomic E-state index is -0.994. The Labute approximate surface area is 196 Å². The zero-order valence-electron chi connectivity index (χ0n) is 18.4. The number of ether oxygens (including phenoxy) is 3. The number of carboxylic acid groups (broad SMARTS) is 1. The number of hydrogen-bond acceptors (Lipinski definition) is 5. The van der Waals surface area contributed by atoms with Gasteiger partial charge in [-0.15, -0.1) is 0 Å². The highest BCUT2D eigenvalue weighted by atomic mass is 16.6. The molecule has 3 aromatic rings. The van der Waals surface area contributed by atoms with Crippen LogP contribution in [0.2, 0.25) is 0 Å².